The maximum atomic E-state index is 12.8. The van der Waals surface area contributed by atoms with Crippen LogP contribution in [-0.2, 0) is 16.6 Å². The SMILES string of the molecule is CCCNS(=O)(=O)c1cc(C(=O)NCc2ccco2)ccc1N1CCCC1. The van der Waals surface area contributed by atoms with Crippen LogP contribution in [0.25, 0.3) is 0 Å². The normalized spacial score (nSPS) is 14.5. The van der Waals surface area contributed by atoms with Gasteiger partial charge in [0.15, 0.2) is 0 Å². The third kappa shape index (κ3) is 4.70. The second kappa shape index (κ2) is 8.58. The summed E-state index contributed by atoms with van der Waals surface area (Å²) in [6.45, 7) is 4.15. The molecule has 0 unspecified atom stereocenters. The van der Waals surface area contributed by atoms with E-state index in [1.165, 1.54) is 12.3 Å². The summed E-state index contributed by atoms with van der Waals surface area (Å²) >= 11 is 0. The summed E-state index contributed by atoms with van der Waals surface area (Å²) in [6, 6.07) is 8.37. The Balaban J connectivity index is 1.87. The highest BCUT2D eigenvalue weighted by Gasteiger charge is 2.25. The summed E-state index contributed by atoms with van der Waals surface area (Å²) in [6.07, 6.45) is 4.30. The Labute approximate surface area is 159 Å². The number of amides is 1. The van der Waals surface area contributed by atoms with E-state index in [2.05, 4.69) is 14.9 Å². The molecule has 27 heavy (non-hydrogen) atoms. The number of rotatable bonds is 8. The third-order valence-electron chi connectivity index (χ3n) is 4.50. The van der Waals surface area contributed by atoms with E-state index < -0.39 is 10.0 Å². The summed E-state index contributed by atoms with van der Waals surface area (Å²) in [5.41, 5.74) is 0.958. The lowest BCUT2D eigenvalue weighted by Gasteiger charge is -2.22. The minimum absolute atomic E-state index is 0.156. The van der Waals surface area contributed by atoms with E-state index in [0.29, 0.717) is 30.0 Å². The van der Waals surface area contributed by atoms with Crippen LogP contribution in [-0.4, -0.2) is 34.0 Å². The van der Waals surface area contributed by atoms with Crippen molar-refractivity contribution in [2.75, 3.05) is 24.5 Å². The molecule has 146 valence electrons. The Hall–Kier alpha value is -2.32. The van der Waals surface area contributed by atoms with Crippen molar-refractivity contribution in [3.63, 3.8) is 0 Å². The lowest BCUT2D eigenvalue weighted by molar-refractivity contribution is 0.0948. The summed E-state index contributed by atoms with van der Waals surface area (Å²) in [4.78, 5) is 14.7. The topological polar surface area (TPSA) is 91.6 Å². The minimum atomic E-state index is -3.69. The van der Waals surface area contributed by atoms with Crippen LogP contribution >= 0.6 is 0 Å². The molecule has 8 heteroatoms. The number of hydrogen-bond donors (Lipinski definition) is 2. The number of anilines is 1. The Morgan fingerprint density at radius 2 is 2.00 bits per heavy atom. The number of benzene rings is 1. The molecule has 1 amide bonds. The van der Waals surface area contributed by atoms with Crippen LogP contribution in [0.4, 0.5) is 5.69 Å². The van der Waals surface area contributed by atoms with Gasteiger partial charge in [0.25, 0.3) is 5.91 Å². The molecule has 2 heterocycles. The van der Waals surface area contributed by atoms with Gasteiger partial charge in [0.05, 0.1) is 18.5 Å². The Bertz CT molecular complexity index is 872. The van der Waals surface area contributed by atoms with Gasteiger partial charge in [0.2, 0.25) is 10.0 Å². The number of nitrogens with one attached hydrogen (secondary N) is 2. The van der Waals surface area contributed by atoms with Crippen LogP contribution < -0.4 is 14.9 Å². The van der Waals surface area contributed by atoms with E-state index in [-0.39, 0.29) is 17.3 Å². The van der Waals surface area contributed by atoms with Crippen LogP contribution in [0.15, 0.2) is 45.9 Å². The summed E-state index contributed by atoms with van der Waals surface area (Å²) in [7, 11) is -3.69. The molecule has 1 aliphatic heterocycles. The highest BCUT2D eigenvalue weighted by molar-refractivity contribution is 7.89. The second-order valence-corrected chi connectivity index (χ2v) is 8.27. The largest absolute Gasteiger partial charge is 0.467 e. The van der Waals surface area contributed by atoms with Crippen molar-refractivity contribution in [3.05, 3.63) is 47.9 Å². The molecule has 3 rings (SSSR count). The molecular weight excluding hydrogens is 366 g/mol. The number of furan rings is 1. The fourth-order valence-electron chi connectivity index (χ4n) is 3.09. The molecule has 1 fully saturated rings. The average molecular weight is 391 g/mol. The summed E-state index contributed by atoms with van der Waals surface area (Å²) < 4.78 is 33.4. The molecule has 2 N–H and O–H groups in total. The van der Waals surface area contributed by atoms with Crippen molar-refractivity contribution in [1.82, 2.24) is 10.0 Å². The Morgan fingerprint density at radius 3 is 2.67 bits per heavy atom. The second-order valence-electron chi connectivity index (χ2n) is 6.54. The van der Waals surface area contributed by atoms with Gasteiger partial charge in [0, 0.05) is 25.2 Å². The van der Waals surface area contributed by atoms with Crippen molar-refractivity contribution in [2.24, 2.45) is 0 Å². The third-order valence-corrected chi connectivity index (χ3v) is 5.99. The molecule has 7 nitrogen and oxygen atoms in total. The van der Waals surface area contributed by atoms with Gasteiger partial charge in [-0.25, -0.2) is 13.1 Å². The molecule has 1 saturated heterocycles. The molecule has 2 aromatic rings. The first-order valence-electron chi connectivity index (χ1n) is 9.20. The van der Waals surface area contributed by atoms with Gasteiger partial charge in [-0.2, -0.15) is 0 Å². The predicted octanol–water partition coefficient (Wildman–Crippen LogP) is 2.50. The molecule has 0 saturated carbocycles. The first-order chi connectivity index (χ1) is 13.0. The van der Waals surface area contributed by atoms with Gasteiger partial charge < -0.3 is 14.6 Å². The lowest BCUT2D eigenvalue weighted by atomic mass is 10.2. The number of carbonyl (C=O) groups is 1. The van der Waals surface area contributed by atoms with E-state index in [0.717, 1.165) is 25.9 Å². The first-order valence-corrected chi connectivity index (χ1v) is 10.7. The van der Waals surface area contributed by atoms with E-state index in [1.54, 1.807) is 24.3 Å². The molecular formula is C19H25N3O4S. The summed E-state index contributed by atoms with van der Waals surface area (Å²) in [5.74, 6) is 0.292. The lowest BCUT2D eigenvalue weighted by Crippen LogP contribution is -2.29. The van der Waals surface area contributed by atoms with E-state index >= 15 is 0 Å². The van der Waals surface area contributed by atoms with E-state index in [9.17, 15) is 13.2 Å². The molecule has 0 bridgehead atoms. The fraction of sp³-hybridized carbons (Fsp3) is 0.421. The Morgan fingerprint density at radius 1 is 1.22 bits per heavy atom. The smallest absolute Gasteiger partial charge is 0.251 e. The summed E-state index contributed by atoms with van der Waals surface area (Å²) in [5, 5.41) is 2.75. The van der Waals surface area contributed by atoms with Gasteiger partial charge in [-0.1, -0.05) is 6.92 Å². The molecule has 0 aliphatic carbocycles. The maximum absolute atomic E-state index is 12.8. The average Bonchev–Trinajstić information content (AvgIpc) is 3.37. The van der Waals surface area contributed by atoms with Crippen LogP contribution in [0.2, 0.25) is 0 Å². The highest BCUT2D eigenvalue weighted by atomic mass is 32.2. The van der Waals surface area contributed by atoms with Crippen LogP contribution in [0.3, 0.4) is 0 Å². The van der Waals surface area contributed by atoms with Gasteiger partial charge in [-0.3, -0.25) is 4.79 Å². The number of hydrogen-bond acceptors (Lipinski definition) is 5. The van der Waals surface area contributed by atoms with Crippen molar-refractivity contribution in [2.45, 2.75) is 37.6 Å². The molecule has 0 spiro atoms. The minimum Gasteiger partial charge on any atom is -0.467 e. The monoisotopic (exact) mass is 391 g/mol. The zero-order valence-corrected chi connectivity index (χ0v) is 16.2. The molecule has 0 atom stereocenters. The number of sulfonamides is 1. The quantitative estimate of drug-likeness (QED) is 0.721. The van der Waals surface area contributed by atoms with Crippen molar-refractivity contribution >= 4 is 21.6 Å². The maximum Gasteiger partial charge on any atom is 0.251 e. The van der Waals surface area contributed by atoms with Crippen LogP contribution in [0.1, 0.15) is 42.3 Å². The molecule has 1 aromatic heterocycles. The van der Waals surface area contributed by atoms with Crippen molar-refractivity contribution in [1.29, 1.82) is 0 Å². The van der Waals surface area contributed by atoms with E-state index in [4.69, 9.17) is 4.42 Å². The fourth-order valence-corrected chi connectivity index (χ4v) is 4.47. The van der Waals surface area contributed by atoms with Crippen molar-refractivity contribution < 1.29 is 17.6 Å². The van der Waals surface area contributed by atoms with E-state index in [1.807, 2.05) is 6.92 Å². The zero-order valence-electron chi connectivity index (χ0n) is 15.4. The Kier molecular flexibility index (Phi) is 6.18. The first kappa shape index (κ1) is 19.4. The number of nitrogens with zero attached hydrogens (tertiary/aromatic N) is 1. The standard InChI is InChI=1S/C19H25N3O4S/c1-2-9-21-27(24,25)18-13-15(7-8-17(18)22-10-3-4-11-22)19(23)20-14-16-6-5-12-26-16/h5-8,12-13,21H,2-4,9-11,14H2,1H3,(H,20,23). The van der Waals surface area contributed by atoms with Gasteiger partial charge in [0.1, 0.15) is 10.7 Å². The van der Waals surface area contributed by atoms with Crippen LogP contribution in [0.5, 0.6) is 0 Å². The van der Waals surface area contributed by atoms with Crippen molar-refractivity contribution in [3.8, 4) is 0 Å². The molecule has 1 aliphatic rings. The van der Waals surface area contributed by atoms with Gasteiger partial charge >= 0.3 is 0 Å². The molecule has 1 aromatic carbocycles. The molecule has 0 radical (unpaired) electrons. The highest BCUT2D eigenvalue weighted by Crippen LogP contribution is 2.29. The number of carbonyl (C=O) groups excluding carboxylic acids is 1. The van der Waals surface area contributed by atoms with Gasteiger partial charge in [-0.05, 0) is 49.6 Å². The predicted molar refractivity (Wildman–Crippen MR) is 103 cm³/mol. The van der Waals surface area contributed by atoms with Crippen LogP contribution in [0, 0.1) is 0 Å². The zero-order chi connectivity index (χ0) is 19.3. The van der Waals surface area contributed by atoms with Gasteiger partial charge in [-0.15, -0.1) is 0 Å².